The van der Waals surface area contributed by atoms with Gasteiger partial charge in [0.2, 0.25) is 0 Å². The zero-order valence-corrected chi connectivity index (χ0v) is 15.4. The van der Waals surface area contributed by atoms with Crippen LogP contribution in [0.2, 0.25) is 0 Å². The summed E-state index contributed by atoms with van der Waals surface area (Å²) in [6.07, 6.45) is 1.61. The van der Waals surface area contributed by atoms with Crippen molar-refractivity contribution in [1.29, 1.82) is 0 Å². The number of ether oxygens (including phenoxy) is 1. The lowest BCUT2D eigenvalue weighted by Crippen LogP contribution is -2.42. The molecule has 24 heavy (non-hydrogen) atoms. The number of amides is 1. The van der Waals surface area contributed by atoms with E-state index in [1.807, 2.05) is 23.8 Å². The van der Waals surface area contributed by atoms with Crippen molar-refractivity contribution in [3.05, 3.63) is 27.4 Å². The second-order valence-electron chi connectivity index (χ2n) is 5.79. The van der Waals surface area contributed by atoms with Gasteiger partial charge in [-0.1, -0.05) is 0 Å². The molecule has 0 spiro atoms. The predicted octanol–water partition coefficient (Wildman–Crippen LogP) is 3.60. The first-order valence-electron chi connectivity index (χ1n) is 8.06. The number of nitrogens with zero attached hydrogens (tertiary/aromatic N) is 2. The summed E-state index contributed by atoms with van der Waals surface area (Å²) in [6, 6.07) is 2.01. The van der Waals surface area contributed by atoms with Crippen LogP contribution < -0.4 is 0 Å². The first-order chi connectivity index (χ1) is 11.6. The minimum absolute atomic E-state index is 0.0273. The minimum atomic E-state index is -0.216. The minimum Gasteiger partial charge on any atom is -0.466 e. The van der Waals surface area contributed by atoms with Gasteiger partial charge in [0, 0.05) is 24.0 Å². The standard InChI is InChI=1S/C17H20N2O3S2/c1-3-22-17(21)12-5-4-7-19(9-12)16(20)14-11(2)18-15(24-14)13-6-8-23-10-13/h6,8,10,12H,3-5,7,9H2,1-2H3. The summed E-state index contributed by atoms with van der Waals surface area (Å²) in [5, 5.41) is 4.91. The monoisotopic (exact) mass is 364 g/mol. The van der Waals surface area contributed by atoms with E-state index < -0.39 is 0 Å². The van der Waals surface area contributed by atoms with Crippen LogP contribution in [0, 0.1) is 12.8 Å². The highest BCUT2D eigenvalue weighted by atomic mass is 32.1. The summed E-state index contributed by atoms with van der Waals surface area (Å²) in [7, 11) is 0. The number of carbonyl (C=O) groups excluding carboxylic acids is 2. The van der Waals surface area contributed by atoms with Crippen LogP contribution in [0.1, 0.15) is 35.1 Å². The van der Waals surface area contributed by atoms with Gasteiger partial charge in [0.15, 0.2) is 0 Å². The number of hydrogen-bond donors (Lipinski definition) is 0. The molecule has 0 bridgehead atoms. The highest BCUT2D eigenvalue weighted by Gasteiger charge is 2.31. The van der Waals surface area contributed by atoms with E-state index >= 15 is 0 Å². The van der Waals surface area contributed by atoms with Crippen molar-refractivity contribution in [3.63, 3.8) is 0 Å². The number of thiazole rings is 1. The zero-order chi connectivity index (χ0) is 17.1. The van der Waals surface area contributed by atoms with Crippen LogP contribution in [0.25, 0.3) is 10.6 Å². The van der Waals surface area contributed by atoms with Gasteiger partial charge >= 0.3 is 5.97 Å². The molecule has 2 aromatic heterocycles. The van der Waals surface area contributed by atoms with Crippen LogP contribution in [0.4, 0.5) is 0 Å². The molecule has 2 aromatic rings. The van der Waals surface area contributed by atoms with Gasteiger partial charge in [-0.25, -0.2) is 4.98 Å². The molecule has 0 radical (unpaired) electrons. The number of piperidine rings is 1. The van der Waals surface area contributed by atoms with Crippen LogP contribution in [0.15, 0.2) is 16.8 Å². The molecule has 3 heterocycles. The number of aryl methyl sites for hydroxylation is 1. The van der Waals surface area contributed by atoms with Gasteiger partial charge in [-0.15, -0.1) is 11.3 Å². The molecule has 0 aromatic carbocycles. The molecule has 1 aliphatic rings. The molecular weight excluding hydrogens is 344 g/mol. The van der Waals surface area contributed by atoms with E-state index in [0.29, 0.717) is 24.6 Å². The summed E-state index contributed by atoms with van der Waals surface area (Å²) in [5.74, 6) is -0.442. The van der Waals surface area contributed by atoms with Crippen molar-refractivity contribution in [2.45, 2.75) is 26.7 Å². The SMILES string of the molecule is CCOC(=O)C1CCCN(C(=O)c2sc(-c3ccsc3)nc2C)C1. The van der Waals surface area contributed by atoms with Gasteiger partial charge in [0.1, 0.15) is 9.88 Å². The van der Waals surface area contributed by atoms with Crippen molar-refractivity contribution in [2.75, 3.05) is 19.7 Å². The molecule has 7 heteroatoms. The molecule has 0 aliphatic carbocycles. The molecule has 5 nitrogen and oxygen atoms in total. The average molecular weight is 364 g/mol. The van der Waals surface area contributed by atoms with Crippen LogP contribution in [-0.4, -0.2) is 41.5 Å². The Hall–Kier alpha value is -1.73. The van der Waals surface area contributed by atoms with E-state index in [1.54, 1.807) is 23.2 Å². The van der Waals surface area contributed by atoms with Crippen molar-refractivity contribution >= 4 is 34.6 Å². The third-order valence-corrected chi connectivity index (χ3v) is 5.97. The number of carbonyl (C=O) groups is 2. The van der Waals surface area contributed by atoms with Crippen LogP contribution in [0.3, 0.4) is 0 Å². The maximum Gasteiger partial charge on any atom is 0.310 e. The maximum absolute atomic E-state index is 12.9. The number of likely N-dealkylation sites (tertiary alicyclic amines) is 1. The van der Waals surface area contributed by atoms with Crippen molar-refractivity contribution in [1.82, 2.24) is 9.88 Å². The Bertz CT molecular complexity index is 724. The van der Waals surface area contributed by atoms with E-state index in [-0.39, 0.29) is 17.8 Å². The smallest absolute Gasteiger partial charge is 0.310 e. The van der Waals surface area contributed by atoms with Gasteiger partial charge in [0.25, 0.3) is 5.91 Å². The maximum atomic E-state index is 12.9. The average Bonchev–Trinajstić information content (AvgIpc) is 3.24. The van der Waals surface area contributed by atoms with Crippen LogP contribution in [-0.2, 0) is 9.53 Å². The molecule has 1 atom stereocenters. The fraction of sp³-hybridized carbons (Fsp3) is 0.471. The number of esters is 1. The number of rotatable bonds is 4. The molecule has 0 saturated carbocycles. The fourth-order valence-corrected chi connectivity index (χ4v) is 4.61. The molecule has 0 N–H and O–H groups in total. The Morgan fingerprint density at radius 2 is 2.29 bits per heavy atom. The van der Waals surface area contributed by atoms with E-state index in [9.17, 15) is 9.59 Å². The topological polar surface area (TPSA) is 59.5 Å². The van der Waals surface area contributed by atoms with Gasteiger partial charge in [-0.2, -0.15) is 11.3 Å². The molecule has 128 valence electrons. The normalized spacial score (nSPS) is 17.8. The molecular formula is C17H20N2O3S2. The van der Waals surface area contributed by atoms with Gasteiger partial charge < -0.3 is 9.64 Å². The number of aromatic nitrogens is 1. The Morgan fingerprint density at radius 3 is 3.00 bits per heavy atom. The largest absolute Gasteiger partial charge is 0.466 e. The third kappa shape index (κ3) is 3.52. The Kier molecular flexibility index (Phi) is 5.30. The highest BCUT2D eigenvalue weighted by Crippen LogP contribution is 2.31. The first-order valence-corrected chi connectivity index (χ1v) is 9.82. The fourth-order valence-electron chi connectivity index (χ4n) is 2.86. The summed E-state index contributed by atoms with van der Waals surface area (Å²) < 4.78 is 5.11. The molecule has 1 aliphatic heterocycles. The molecule has 1 unspecified atom stereocenters. The lowest BCUT2D eigenvalue weighted by atomic mass is 9.98. The molecule has 1 amide bonds. The van der Waals surface area contributed by atoms with Crippen molar-refractivity contribution in [2.24, 2.45) is 5.92 Å². The van der Waals surface area contributed by atoms with Crippen LogP contribution >= 0.6 is 22.7 Å². The lowest BCUT2D eigenvalue weighted by Gasteiger charge is -2.31. The van der Waals surface area contributed by atoms with Gasteiger partial charge in [-0.3, -0.25) is 9.59 Å². The van der Waals surface area contributed by atoms with Gasteiger partial charge in [0.05, 0.1) is 18.2 Å². The first kappa shape index (κ1) is 17.1. The molecule has 3 rings (SSSR count). The Morgan fingerprint density at radius 1 is 1.46 bits per heavy atom. The quantitative estimate of drug-likeness (QED) is 0.778. The van der Waals surface area contributed by atoms with E-state index in [0.717, 1.165) is 29.1 Å². The lowest BCUT2D eigenvalue weighted by molar-refractivity contribution is -0.149. The van der Waals surface area contributed by atoms with Crippen molar-refractivity contribution in [3.8, 4) is 10.6 Å². The summed E-state index contributed by atoms with van der Waals surface area (Å²) >= 11 is 3.04. The van der Waals surface area contributed by atoms with Crippen LogP contribution in [0.5, 0.6) is 0 Å². The molecule has 1 fully saturated rings. The summed E-state index contributed by atoms with van der Waals surface area (Å²) in [5.41, 5.74) is 1.81. The van der Waals surface area contributed by atoms with E-state index in [2.05, 4.69) is 4.98 Å². The van der Waals surface area contributed by atoms with E-state index in [4.69, 9.17) is 4.74 Å². The van der Waals surface area contributed by atoms with Crippen molar-refractivity contribution < 1.29 is 14.3 Å². The van der Waals surface area contributed by atoms with E-state index in [1.165, 1.54) is 11.3 Å². The Labute approximate surface area is 149 Å². The zero-order valence-electron chi connectivity index (χ0n) is 13.8. The predicted molar refractivity (Wildman–Crippen MR) is 95.4 cm³/mol. The third-order valence-electron chi connectivity index (χ3n) is 4.09. The second kappa shape index (κ2) is 7.44. The summed E-state index contributed by atoms with van der Waals surface area (Å²) in [4.78, 5) is 31.8. The highest BCUT2D eigenvalue weighted by molar-refractivity contribution is 7.17. The Balaban J connectivity index is 1.75. The number of hydrogen-bond acceptors (Lipinski definition) is 6. The number of thiophene rings is 1. The molecule has 1 saturated heterocycles. The van der Waals surface area contributed by atoms with Gasteiger partial charge in [-0.05, 0) is 38.1 Å². The second-order valence-corrected chi connectivity index (χ2v) is 7.57. The summed E-state index contributed by atoms with van der Waals surface area (Å²) in [6.45, 7) is 5.16.